The molecular weight excluding hydrogens is 409 g/mol. The Balaban J connectivity index is 1.26. The first-order chi connectivity index (χ1) is 15.8. The predicted molar refractivity (Wildman–Crippen MR) is 120 cm³/mol. The Hall–Kier alpha value is -3.04. The number of aromatic amines is 1. The zero-order valence-electron chi connectivity index (χ0n) is 17.8. The minimum Gasteiger partial charge on any atom is -0.379 e. The zero-order chi connectivity index (χ0) is 21.5. The number of halogens is 1. The molecule has 2 N–H and O–H groups in total. The first kappa shape index (κ1) is 19.6. The van der Waals surface area contributed by atoms with Gasteiger partial charge in [-0.1, -0.05) is 0 Å². The molecule has 0 unspecified atom stereocenters. The fourth-order valence-corrected chi connectivity index (χ4v) is 5.16. The average Bonchev–Trinajstić information content (AvgIpc) is 3.48. The molecule has 166 valence electrons. The van der Waals surface area contributed by atoms with Gasteiger partial charge in [-0.25, -0.2) is 19.3 Å². The van der Waals surface area contributed by atoms with Crippen LogP contribution in [0.4, 0.5) is 10.2 Å². The highest BCUT2D eigenvalue weighted by Crippen LogP contribution is 2.34. The third kappa shape index (κ3) is 3.51. The zero-order valence-corrected chi connectivity index (χ0v) is 17.8. The largest absolute Gasteiger partial charge is 0.379 e. The van der Waals surface area contributed by atoms with E-state index in [0.717, 1.165) is 67.1 Å². The number of pyridine rings is 1. The lowest BCUT2D eigenvalue weighted by molar-refractivity contribution is 0.00791. The molecule has 2 aliphatic rings. The molecule has 1 saturated heterocycles. The number of nitrogens with zero attached hydrogens (tertiary/aromatic N) is 5. The number of ether oxygens (including phenoxy) is 1. The summed E-state index contributed by atoms with van der Waals surface area (Å²) in [5, 5.41) is 4.55. The van der Waals surface area contributed by atoms with Crippen molar-refractivity contribution in [2.75, 3.05) is 31.6 Å². The minimum absolute atomic E-state index is 0.320. The molecule has 1 saturated carbocycles. The monoisotopic (exact) mass is 435 g/mol. The van der Waals surface area contributed by atoms with Crippen LogP contribution in [0.3, 0.4) is 0 Å². The van der Waals surface area contributed by atoms with Gasteiger partial charge in [-0.05, 0) is 31.7 Å². The van der Waals surface area contributed by atoms with Crippen LogP contribution in [0.15, 0.2) is 37.2 Å². The van der Waals surface area contributed by atoms with Crippen LogP contribution in [0, 0.1) is 5.82 Å². The number of imidazole rings is 1. The van der Waals surface area contributed by atoms with Crippen LogP contribution in [0.25, 0.3) is 27.8 Å². The second-order valence-corrected chi connectivity index (χ2v) is 8.68. The summed E-state index contributed by atoms with van der Waals surface area (Å²) in [4.78, 5) is 18.8. The standard InChI is InChI=1S/C23H26FN7O/c24-19-11-15(13-31-6-5-25-23(19)31)18-12-26-21-20(18)22(28-14-27-21)29-16-1-3-17(4-2-16)30-7-9-32-10-8-30/h5-6,11-14,16-17H,1-4,7-10H2,(H2,26,27,28,29)/t16-,17-. The molecule has 0 spiro atoms. The van der Waals surface area contributed by atoms with Gasteiger partial charge in [0.05, 0.1) is 18.6 Å². The molecule has 6 rings (SSSR count). The van der Waals surface area contributed by atoms with Crippen LogP contribution in [0.2, 0.25) is 0 Å². The average molecular weight is 436 g/mol. The number of aromatic nitrogens is 5. The van der Waals surface area contributed by atoms with Crippen molar-refractivity contribution in [1.29, 1.82) is 0 Å². The lowest BCUT2D eigenvalue weighted by atomic mass is 9.90. The van der Waals surface area contributed by atoms with E-state index in [4.69, 9.17) is 4.74 Å². The summed E-state index contributed by atoms with van der Waals surface area (Å²) in [5.74, 6) is 0.446. The molecule has 5 heterocycles. The predicted octanol–water partition coefficient (Wildman–Crippen LogP) is 3.47. The van der Waals surface area contributed by atoms with Gasteiger partial charge in [0, 0.05) is 61.1 Å². The van der Waals surface area contributed by atoms with Crippen molar-refractivity contribution < 1.29 is 9.13 Å². The van der Waals surface area contributed by atoms with Crippen molar-refractivity contribution in [2.24, 2.45) is 0 Å². The number of hydrogen-bond donors (Lipinski definition) is 2. The summed E-state index contributed by atoms with van der Waals surface area (Å²) in [5.41, 5.74) is 2.69. The summed E-state index contributed by atoms with van der Waals surface area (Å²) in [6.45, 7) is 3.78. The Labute approximate surface area is 184 Å². The van der Waals surface area contributed by atoms with E-state index < -0.39 is 0 Å². The Morgan fingerprint density at radius 3 is 2.78 bits per heavy atom. The number of morpholine rings is 1. The topological polar surface area (TPSA) is 83.4 Å². The molecule has 0 aromatic carbocycles. The van der Waals surface area contributed by atoms with Crippen molar-refractivity contribution in [3.05, 3.63) is 43.0 Å². The first-order valence-electron chi connectivity index (χ1n) is 11.3. The molecule has 1 aliphatic carbocycles. The van der Waals surface area contributed by atoms with E-state index in [1.54, 1.807) is 23.1 Å². The number of hydrogen-bond acceptors (Lipinski definition) is 6. The fraction of sp³-hybridized carbons (Fsp3) is 0.435. The van der Waals surface area contributed by atoms with Gasteiger partial charge >= 0.3 is 0 Å². The fourth-order valence-electron chi connectivity index (χ4n) is 5.16. The van der Waals surface area contributed by atoms with E-state index in [2.05, 4.69) is 30.2 Å². The van der Waals surface area contributed by atoms with Crippen molar-refractivity contribution in [3.63, 3.8) is 0 Å². The maximum atomic E-state index is 14.6. The van der Waals surface area contributed by atoms with E-state index in [1.165, 1.54) is 18.9 Å². The van der Waals surface area contributed by atoms with Gasteiger partial charge in [0.1, 0.15) is 17.8 Å². The molecule has 4 aromatic rings. The second kappa shape index (κ2) is 8.14. The molecule has 0 amide bonds. The molecule has 8 nitrogen and oxygen atoms in total. The second-order valence-electron chi connectivity index (χ2n) is 8.68. The van der Waals surface area contributed by atoms with Gasteiger partial charge in [-0.3, -0.25) is 4.90 Å². The van der Waals surface area contributed by atoms with Gasteiger partial charge in [-0.2, -0.15) is 0 Å². The van der Waals surface area contributed by atoms with Gasteiger partial charge in [0.25, 0.3) is 0 Å². The van der Waals surface area contributed by atoms with Crippen molar-refractivity contribution in [1.82, 2.24) is 29.2 Å². The summed E-state index contributed by atoms with van der Waals surface area (Å²) in [7, 11) is 0. The van der Waals surface area contributed by atoms with Crippen molar-refractivity contribution >= 4 is 22.5 Å². The van der Waals surface area contributed by atoms with Crippen LogP contribution in [-0.4, -0.2) is 67.6 Å². The molecule has 4 aromatic heterocycles. The van der Waals surface area contributed by atoms with Crippen molar-refractivity contribution in [3.8, 4) is 11.1 Å². The smallest absolute Gasteiger partial charge is 0.173 e. The summed E-state index contributed by atoms with van der Waals surface area (Å²) < 4.78 is 21.8. The molecule has 1 aliphatic heterocycles. The van der Waals surface area contributed by atoms with Gasteiger partial charge in [-0.15, -0.1) is 0 Å². The summed E-state index contributed by atoms with van der Waals surface area (Å²) in [6, 6.07) is 2.53. The van der Waals surface area contributed by atoms with Crippen LogP contribution >= 0.6 is 0 Å². The van der Waals surface area contributed by atoms with Crippen LogP contribution < -0.4 is 5.32 Å². The summed E-state index contributed by atoms with van der Waals surface area (Å²) >= 11 is 0. The highest BCUT2D eigenvalue weighted by molar-refractivity contribution is 6.00. The number of rotatable bonds is 4. The summed E-state index contributed by atoms with van der Waals surface area (Å²) in [6.07, 6.45) is 13.2. The Bertz CT molecular complexity index is 1240. The Kier molecular flexibility index (Phi) is 4.99. The molecule has 0 atom stereocenters. The number of H-pyrrole nitrogens is 1. The lowest BCUT2D eigenvalue weighted by Gasteiger charge is -2.39. The van der Waals surface area contributed by atoms with Crippen LogP contribution in [0.5, 0.6) is 0 Å². The maximum Gasteiger partial charge on any atom is 0.173 e. The van der Waals surface area contributed by atoms with Gasteiger partial charge in [0.15, 0.2) is 11.5 Å². The van der Waals surface area contributed by atoms with E-state index in [-0.39, 0.29) is 5.82 Å². The van der Waals surface area contributed by atoms with Crippen LogP contribution in [0.1, 0.15) is 25.7 Å². The van der Waals surface area contributed by atoms with E-state index in [0.29, 0.717) is 17.7 Å². The Morgan fingerprint density at radius 1 is 1.09 bits per heavy atom. The van der Waals surface area contributed by atoms with Crippen molar-refractivity contribution in [2.45, 2.75) is 37.8 Å². The minimum atomic E-state index is -0.352. The van der Waals surface area contributed by atoms with E-state index in [9.17, 15) is 4.39 Å². The number of fused-ring (bicyclic) bond motifs is 2. The van der Waals surface area contributed by atoms with E-state index in [1.807, 2.05) is 12.4 Å². The lowest BCUT2D eigenvalue weighted by Crippen LogP contribution is -2.46. The first-order valence-corrected chi connectivity index (χ1v) is 11.3. The quantitative estimate of drug-likeness (QED) is 0.511. The van der Waals surface area contributed by atoms with Gasteiger partial charge in [0.2, 0.25) is 0 Å². The van der Waals surface area contributed by atoms with Crippen LogP contribution in [-0.2, 0) is 4.74 Å². The number of nitrogens with one attached hydrogen (secondary N) is 2. The molecule has 9 heteroatoms. The normalized spacial score (nSPS) is 22.5. The molecular formula is C23H26FN7O. The molecule has 32 heavy (non-hydrogen) atoms. The molecule has 0 radical (unpaired) electrons. The third-order valence-corrected chi connectivity index (χ3v) is 6.82. The Morgan fingerprint density at radius 2 is 1.94 bits per heavy atom. The molecule has 2 fully saturated rings. The highest BCUT2D eigenvalue weighted by atomic mass is 19.1. The maximum absolute atomic E-state index is 14.6. The molecule has 0 bridgehead atoms. The highest BCUT2D eigenvalue weighted by Gasteiger charge is 2.27. The third-order valence-electron chi connectivity index (χ3n) is 6.82. The van der Waals surface area contributed by atoms with E-state index >= 15 is 0 Å². The van der Waals surface area contributed by atoms with Gasteiger partial charge < -0.3 is 19.4 Å². The number of anilines is 1. The SMILES string of the molecule is Fc1cc(-c2c[nH]c3ncnc(N[C@H]4CC[C@H](N5CCOCC5)CC4)c23)cn2ccnc12.